The molecule has 192 valence electrons. The number of rotatable bonds is 13. The van der Waals surface area contributed by atoms with E-state index in [1.54, 1.807) is 18.2 Å². The van der Waals surface area contributed by atoms with Crippen molar-refractivity contribution in [2.75, 3.05) is 25.6 Å². The standard InChI is InChI=1S/C28H30N4O4S/c1-5-8-21-9-6-7-10-23(21)35-13-14-36-24-12-11-20(17-25(24)34-4)16-22(18-29)27(33)30-28-32-31-26(37-28)15-19(2)3/h5-7,9-12,16-17,19H,1,8,13-15H2,2-4H3,(H,30,32,33)/b22-16-. The van der Waals surface area contributed by atoms with Gasteiger partial charge in [-0.25, -0.2) is 0 Å². The van der Waals surface area contributed by atoms with E-state index in [2.05, 4.69) is 35.9 Å². The maximum atomic E-state index is 12.6. The lowest BCUT2D eigenvalue weighted by Crippen LogP contribution is -2.13. The smallest absolute Gasteiger partial charge is 0.268 e. The second-order valence-electron chi connectivity index (χ2n) is 8.43. The molecule has 0 aliphatic rings. The summed E-state index contributed by atoms with van der Waals surface area (Å²) in [7, 11) is 1.53. The molecule has 0 aliphatic heterocycles. The molecule has 0 saturated carbocycles. The average molecular weight is 519 g/mol. The molecule has 8 nitrogen and oxygen atoms in total. The highest BCUT2D eigenvalue weighted by Crippen LogP contribution is 2.29. The molecule has 3 aromatic rings. The summed E-state index contributed by atoms with van der Waals surface area (Å²) in [5, 5.41) is 21.5. The number of para-hydroxylation sites is 1. The highest BCUT2D eigenvalue weighted by molar-refractivity contribution is 7.15. The fourth-order valence-corrected chi connectivity index (χ4v) is 4.33. The molecule has 0 fully saturated rings. The van der Waals surface area contributed by atoms with E-state index in [4.69, 9.17) is 14.2 Å². The quantitative estimate of drug-likeness (QED) is 0.138. The van der Waals surface area contributed by atoms with Crippen LogP contribution in [0, 0.1) is 17.2 Å². The number of carbonyl (C=O) groups is 1. The first-order chi connectivity index (χ1) is 17.9. The van der Waals surface area contributed by atoms with E-state index in [0.29, 0.717) is 41.3 Å². The second-order valence-corrected chi connectivity index (χ2v) is 9.49. The molecule has 0 saturated heterocycles. The van der Waals surface area contributed by atoms with Gasteiger partial charge in [-0.3, -0.25) is 10.1 Å². The molecule has 9 heteroatoms. The highest BCUT2D eigenvalue weighted by atomic mass is 32.1. The van der Waals surface area contributed by atoms with Crippen LogP contribution in [0.5, 0.6) is 17.2 Å². The number of carbonyl (C=O) groups excluding carboxylic acids is 1. The number of nitriles is 1. The minimum absolute atomic E-state index is 0.0667. The highest BCUT2D eigenvalue weighted by Gasteiger charge is 2.14. The molecule has 0 unspecified atom stereocenters. The first-order valence-electron chi connectivity index (χ1n) is 11.8. The van der Waals surface area contributed by atoms with Gasteiger partial charge >= 0.3 is 0 Å². The topological polar surface area (TPSA) is 106 Å². The fourth-order valence-electron chi connectivity index (χ4n) is 3.38. The zero-order valence-electron chi connectivity index (χ0n) is 21.2. The van der Waals surface area contributed by atoms with Gasteiger partial charge in [0.05, 0.1) is 7.11 Å². The summed E-state index contributed by atoms with van der Waals surface area (Å²) in [4.78, 5) is 12.6. The van der Waals surface area contributed by atoms with Gasteiger partial charge in [0.15, 0.2) is 11.5 Å². The second kappa shape index (κ2) is 13.8. The molecule has 0 atom stereocenters. The molecule has 0 radical (unpaired) electrons. The zero-order chi connectivity index (χ0) is 26.6. The predicted molar refractivity (Wildman–Crippen MR) is 145 cm³/mol. The van der Waals surface area contributed by atoms with Crippen molar-refractivity contribution in [1.29, 1.82) is 5.26 Å². The number of amides is 1. The van der Waals surface area contributed by atoms with Crippen molar-refractivity contribution >= 4 is 28.5 Å². The lowest BCUT2D eigenvalue weighted by Gasteiger charge is -2.13. The maximum absolute atomic E-state index is 12.6. The zero-order valence-corrected chi connectivity index (χ0v) is 22.0. The lowest BCUT2D eigenvalue weighted by molar-refractivity contribution is -0.112. The molecule has 1 aromatic heterocycles. The van der Waals surface area contributed by atoms with Crippen LogP contribution < -0.4 is 19.5 Å². The largest absolute Gasteiger partial charge is 0.493 e. The number of hydrogen-bond acceptors (Lipinski definition) is 8. The summed E-state index contributed by atoms with van der Waals surface area (Å²) in [6, 6.07) is 14.9. The van der Waals surface area contributed by atoms with Gasteiger partial charge in [0.1, 0.15) is 35.6 Å². The number of anilines is 1. The molecule has 0 spiro atoms. The summed E-state index contributed by atoms with van der Waals surface area (Å²) >= 11 is 1.30. The normalized spacial score (nSPS) is 11.1. The number of ether oxygens (including phenoxy) is 3. The van der Waals surface area contributed by atoms with Crippen molar-refractivity contribution in [2.45, 2.75) is 26.7 Å². The van der Waals surface area contributed by atoms with Crippen LogP contribution >= 0.6 is 11.3 Å². The maximum Gasteiger partial charge on any atom is 0.268 e. The molecule has 1 heterocycles. The van der Waals surface area contributed by atoms with Gasteiger partial charge in [-0.1, -0.05) is 55.5 Å². The van der Waals surface area contributed by atoms with Gasteiger partial charge in [-0.2, -0.15) is 5.26 Å². The lowest BCUT2D eigenvalue weighted by atomic mass is 10.1. The van der Waals surface area contributed by atoms with E-state index in [9.17, 15) is 10.1 Å². The van der Waals surface area contributed by atoms with Crippen molar-refractivity contribution in [3.05, 3.63) is 76.8 Å². The summed E-state index contributed by atoms with van der Waals surface area (Å²) in [6.45, 7) is 8.60. The molecule has 1 N–H and O–H groups in total. The van der Waals surface area contributed by atoms with Gasteiger partial charge in [0.2, 0.25) is 5.13 Å². The van der Waals surface area contributed by atoms with Gasteiger partial charge in [-0.15, -0.1) is 16.8 Å². The summed E-state index contributed by atoms with van der Waals surface area (Å²) in [6.07, 6.45) is 4.82. The number of aromatic nitrogens is 2. The van der Waals surface area contributed by atoms with Crippen LogP contribution in [0.3, 0.4) is 0 Å². The van der Waals surface area contributed by atoms with Crippen molar-refractivity contribution in [2.24, 2.45) is 5.92 Å². The van der Waals surface area contributed by atoms with Gasteiger partial charge < -0.3 is 14.2 Å². The fraction of sp³-hybridized carbons (Fsp3) is 0.286. The SMILES string of the molecule is C=CCc1ccccc1OCCOc1ccc(/C=C(/C#N)C(=O)Nc2nnc(CC(C)C)s2)cc1OC. The van der Waals surface area contributed by atoms with Crippen molar-refractivity contribution in [1.82, 2.24) is 10.2 Å². The number of benzene rings is 2. The predicted octanol–water partition coefficient (Wildman–Crippen LogP) is 5.48. The summed E-state index contributed by atoms with van der Waals surface area (Å²) < 4.78 is 17.2. The van der Waals surface area contributed by atoms with E-state index in [0.717, 1.165) is 29.2 Å². The van der Waals surface area contributed by atoms with Crippen molar-refractivity contribution in [3.8, 4) is 23.3 Å². The molecule has 1 amide bonds. The van der Waals surface area contributed by atoms with Crippen LogP contribution in [0.2, 0.25) is 0 Å². The number of hydrogen-bond donors (Lipinski definition) is 1. The Morgan fingerprint density at radius 3 is 2.59 bits per heavy atom. The monoisotopic (exact) mass is 518 g/mol. The molecule has 2 aromatic carbocycles. The van der Waals surface area contributed by atoms with Crippen LogP contribution in [-0.2, 0) is 17.6 Å². The van der Waals surface area contributed by atoms with Gasteiger partial charge in [0.25, 0.3) is 5.91 Å². The van der Waals surface area contributed by atoms with Crippen LogP contribution in [0.1, 0.15) is 30.0 Å². The first kappa shape index (κ1) is 27.4. The summed E-state index contributed by atoms with van der Waals surface area (Å²) in [5.41, 5.74) is 1.61. The Hall–Kier alpha value is -4.16. The minimum Gasteiger partial charge on any atom is -0.493 e. The Morgan fingerprint density at radius 2 is 1.89 bits per heavy atom. The summed E-state index contributed by atoms with van der Waals surface area (Å²) in [5.74, 6) is 1.67. The average Bonchev–Trinajstić information content (AvgIpc) is 3.32. The molecule has 0 bridgehead atoms. The minimum atomic E-state index is -0.553. The van der Waals surface area contributed by atoms with E-state index < -0.39 is 5.91 Å². The third kappa shape index (κ3) is 8.19. The third-order valence-electron chi connectivity index (χ3n) is 5.07. The number of methoxy groups -OCH3 is 1. The Morgan fingerprint density at radius 1 is 1.14 bits per heavy atom. The van der Waals surface area contributed by atoms with Gasteiger partial charge in [-0.05, 0) is 47.7 Å². The number of nitrogens with one attached hydrogen (secondary N) is 1. The van der Waals surface area contributed by atoms with Crippen molar-refractivity contribution in [3.63, 3.8) is 0 Å². The molecule has 37 heavy (non-hydrogen) atoms. The Labute approximate surface area is 221 Å². The van der Waals surface area contributed by atoms with Crippen molar-refractivity contribution < 1.29 is 19.0 Å². The van der Waals surface area contributed by atoms with Crippen LogP contribution in [0.15, 0.2) is 60.7 Å². The van der Waals surface area contributed by atoms with Crippen LogP contribution in [0.4, 0.5) is 5.13 Å². The third-order valence-corrected chi connectivity index (χ3v) is 5.93. The van der Waals surface area contributed by atoms with E-state index in [1.165, 1.54) is 24.5 Å². The Balaban J connectivity index is 1.61. The van der Waals surface area contributed by atoms with Crippen LogP contribution in [-0.4, -0.2) is 36.4 Å². The number of nitrogens with zero attached hydrogens (tertiary/aromatic N) is 3. The number of allylic oxidation sites excluding steroid dienone is 1. The molecular weight excluding hydrogens is 488 g/mol. The molecular formula is C28H30N4O4S. The Kier molecular flexibility index (Phi) is 10.2. The first-order valence-corrected chi connectivity index (χ1v) is 12.6. The van der Waals surface area contributed by atoms with Crippen LogP contribution in [0.25, 0.3) is 6.08 Å². The van der Waals surface area contributed by atoms with Gasteiger partial charge in [0, 0.05) is 6.42 Å². The van der Waals surface area contributed by atoms with E-state index in [-0.39, 0.29) is 5.57 Å². The van der Waals surface area contributed by atoms with E-state index >= 15 is 0 Å². The molecule has 0 aliphatic carbocycles. The Bertz CT molecular complexity index is 1290. The van der Waals surface area contributed by atoms with E-state index in [1.807, 2.05) is 36.4 Å². The molecule has 3 rings (SSSR count).